The lowest BCUT2D eigenvalue weighted by molar-refractivity contribution is 0.393. The summed E-state index contributed by atoms with van der Waals surface area (Å²) >= 11 is 0. The molecule has 1 aromatic heterocycles. The predicted molar refractivity (Wildman–Crippen MR) is 97.5 cm³/mol. The quantitative estimate of drug-likeness (QED) is 0.814. The molecule has 136 valence electrons. The molecular weight excluding hydrogens is 352 g/mol. The van der Waals surface area contributed by atoms with E-state index in [0.717, 1.165) is 0 Å². The summed E-state index contributed by atoms with van der Waals surface area (Å²) in [4.78, 5) is 6.44. The summed E-state index contributed by atoms with van der Waals surface area (Å²) in [7, 11) is -2.19. The van der Waals surface area contributed by atoms with Crippen molar-refractivity contribution in [2.24, 2.45) is 0 Å². The van der Waals surface area contributed by atoms with Gasteiger partial charge < -0.3 is 9.64 Å². The number of hydrogen-bond donors (Lipinski definition) is 0. The first kappa shape index (κ1) is 18.2. The van der Waals surface area contributed by atoms with Gasteiger partial charge in [-0.15, -0.1) is 0 Å². The summed E-state index contributed by atoms with van der Waals surface area (Å²) < 4.78 is 32.8. The number of pyridine rings is 1. The zero-order valence-corrected chi connectivity index (χ0v) is 15.3. The second-order valence-electron chi connectivity index (χ2n) is 5.88. The molecule has 1 fully saturated rings. The maximum Gasteiger partial charge on any atom is 0.246 e. The van der Waals surface area contributed by atoms with E-state index in [1.54, 1.807) is 42.6 Å². The fourth-order valence-electron chi connectivity index (χ4n) is 3.05. The van der Waals surface area contributed by atoms with Gasteiger partial charge >= 0.3 is 0 Å². The van der Waals surface area contributed by atoms with E-state index in [9.17, 15) is 13.7 Å². The number of hydrogen-bond acceptors (Lipinski definition) is 6. The van der Waals surface area contributed by atoms with Crippen molar-refractivity contribution in [3.8, 4) is 11.8 Å². The predicted octanol–water partition coefficient (Wildman–Crippen LogP) is 1.86. The zero-order valence-electron chi connectivity index (χ0n) is 14.5. The second kappa shape index (κ2) is 7.72. The molecule has 0 atom stereocenters. The minimum Gasteiger partial charge on any atom is -0.495 e. The molecule has 7 nitrogen and oxygen atoms in total. The Hall–Kier alpha value is -2.63. The highest BCUT2D eigenvalue weighted by atomic mass is 32.2. The summed E-state index contributed by atoms with van der Waals surface area (Å²) in [5.41, 5.74) is 0.494. The number of anilines is 1. The molecule has 0 amide bonds. The van der Waals surface area contributed by atoms with E-state index < -0.39 is 10.0 Å². The first-order valence-corrected chi connectivity index (χ1v) is 9.75. The van der Waals surface area contributed by atoms with E-state index in [0.29, 0.717) is 49.7 Å². The van der Waals surface area contributed by atoms with Crippen molar-refractivity contribution < 1.29 is 13.2 Å². The average molecular weight is 372 g/mol. The molecule has 0 saturated carbocycles. The maximum absolute atomic E-state index is 13.0. The van der Waals surface area contributed by atoms with Crippen molar-refractivity contribution in [1.29, 1.82) is 5.26 Å². The summed E-state index contributed by atoms with van der Waals surface area (Å²) in [6.45, 7) is 1.84. The lowest BCUT2D eigenvalue weighted by Crippen LogP contribution is -2.35. The SMILES string of the molecule is COc1ccccc1S(=O)(=O)N1CCCN(c2ncccc2C#N)CC1. The van der Waals surface area contributed by atoms with Crippen molar-refractivity contribution in [3.05, 3.63) is 48.2 Å². The molecular formula is C18H20N4O3S. The molecule has 0 radical (unpaired) electrons. The highest BCUT2D eigenvalue weighted by Crippen LogP contribution is 2.27. The number of nitrogens with zero attached hydrogens (tertiary/aromatic N) is 4. The average Bonchev–Trinajstić information content (AvgIpc) is 2.94. The van der Waals surface area contributed by atoms with E-state index in [-0.39, 0.29) is 4.90 Å². The molecule has 1 saturated heterocycles. The third-order valence-electron chi connectivity index (χ3n) is 4.35. The van der Waals surface area contributed by atoms with Crippen LogP contribution in [-0.4, -0.2) is 51.0 Å². The first-order chi connectivity index (χ1) is 12.6. The number of benzene rings is 1. The maximum atomic E-state index is 13.0. The van der Waals surface area contributed by atoms with Gasteiger partial charge in [0.15, 0.2) is 0 Å². The van der Waals surface area contributed by atoms with Gasteiger partial charge in [0.2, 0.25) is 10.0 Å². The van der Waals surface area contributed by atoms with Gasteiger partial charge in [0.05, 0.1) is 12.7 Å². The summed E-state index contributed by atoms with van der Waals surface area (Å²) in [6, 6.07) is 12.2. The Labute approximate surface area is 153 Å². The molecule has 0 unspecified atom stereocenters. The molecule has 1 aliphatic heterocycles. The Morgan fingerprint density at radius 1 is 1.12 bits per heavy atom. The smallest absolute Gasteiger partial charge is 0.246 e. The molecule has 1 aromatic carbocycles. The molecule has 26 heavy (non-hydrogen) atoms. The van der Waals surface area contributed by atoms with Crippen LogP contribution in [0, 0.1) is 11.3 Å². The monoisotopic (exact) mass is 372 g/mol. The fourth-order valence-corrected chi connectivity index (χ4v) is 4.68. The number of nitriles is 1. The van der Waals surface area contributed by atoms with Gasteiger partial charge in [0.1, 0.15) is 22.5 Å². The highest BCUT2D eigenvalue weighted by molar-refractivity contribution is 7.89. The molecule has 2 heterocycles. The van der Waals surface area contributed by atoms with Crippen LogP contribution in [-0.2, 0) is 10.0 Å². The summed E-state index contributed by atoms with van der Waals surface area (Å²) in [5.74, 6) is 0.941. The molecule has 0 bridgehead atoms. The zero-order chi connectivity index (χ0) is 18.6. The van der Waals surface area contributed by atoms with Crippen LogP contribution in [0.3, 0.4) is 0 Å². The molecule has 3 rings (SSSR count). The molecule has 0 spiro atoms. The third kappa shape index (κ3) is 3.49. The summed E-state index contributed by atoms with van der Waals surface area (Å²) in [6.07, 6.45) is 2.29. The number of rotatable bonds is 4. The number of sulfonamides is 1. The van der Waals surface area contributed by atoms with Crippen LogP contribution in [0.2, 0.25) is 0 Å². The van der Waals surface area contributed by atoms with Crippen LogP contribution in [0.5, 0.6) is 5.75 Å². The van der Waals surface area contributed by atoms with Crippen LogP contribution >= 0.6 is 0 Å². The van der Waals surface area contributed by atoms with Crippen LogP contribution in [0.25, 0.3) is 0 Å². The Balaban J connectivity index is 1.83. The van der Waals surface area contributed by atoms with Crippen LogP contribution in [0.1, 0.15) is 12.0 Å². The van der Waals surface area contributed by atoms with Crippen molar-refractivity contribution in [2.45, 2.75) is 11.3 Å². The number of aromatic nitrogens is 1. The fraction of sp³-hybridized carbons (Fsp3) is 0.333. The number of ether oxygens (including phenoxy) is 1. The van der Waals surface area contributed by atoms with Gasteiger partial charge in [-0.3, -0.25) is 0 Å². The first-order valence-electron chi connectivity index (χ1n) is 8.31. The minimum absolute atomic E-state index is 0.173. The topological polar surface area (TPSA) is 86.5 Å². The Morgan fingerprint density at radius 2 is 1.92 bits per heavy atom. The minimum atomic E-state index is -3.65. The van der Waals surface area contributed by atoms with Gasteiger partial charge in [-0.1, -0.05) is 12.1 Å². The van der Waals surface area contributed by atoms with E-state index in [1.165, 1.54) is 11.4 Å². The third-order valence-corrected chi connectivity index (χ3v) is 6.29. The van der Waals surface area contributed by atoms with Crippen molar-refractivity contribution in [2.75, 3.05) is 38.2 Å². The van der Waals surface area contributed by atoms with E-state index in [2.05, 4.69) is 11.1 Å². The van der Waals surface area contributed by atoms with Crippen molar-refractivity contribution in [3.63, 3.8) is 0 Å². The molecule has 0 aliphatic carbocycles. The van der Waals surface area contributed by atoms with E-state index >= 15 is 0 Å². The highest BCUT2D eigenvalue weighted by Gasteiger charge is 2.29. The molecule has 0 N–H and O–H groups in total. The van der Waals surface area contributed by atoms with Gasteiger partial charge in [0.25, 0.3) is 0 Å². The van der Waals surface area contributed by atoms with Crippen LogP contribution in [0.4, 0.5) is 5.82 Å². The van der Waals surface area contributed by atoms with Gasteiger partial charge in [-0.25, -0.2) is 13.4 Å². The molecule has 8 heteroatoms. The lowest BCUT2D eigenvalue weighted by Gasteiger charge is -2.23. The van der Waals surface area contributed by atoms with Crippen LogP contribution in [0.15, 0.2) is 47.5 Å². The van der Waals surface area contributed by atoms with Gasteiger partial charge in [-0.2, -0.15) is 9.57 Å². The van der Waals surface area contributed by atoms with Gasteiger partial charge in [-0.05, 0) is 30.7 Å². The van der Waals surface area contributed by atoms with Gasteiger partial charge in [0, 0.05) is 32.4 Å². The van der Waals surface area contributed by atoms with E-state index in [4.69, 9.17) is 4.74 Å². The molecule has 1 aliphatic rings. The molecule has 2 aromatic rings. The summed E-state index contributed by atoms with van der Waals surface area (Å²) in [5, 5.41) is 9.27. The number of methoxy groups -OCH3 is 1. The normalized spacial score (nSPS) is 15.9. The lowest BCUT2D eigenvalue weighted by atomic mass is 10.2. The second-order valence-corrected chi connectivity index (χ2v) is 7.79. The Kier molecular flexibility index (Phi) is 5.40. The van der Waals surface area contributed by atoms with Crippen molar-refractivity contribution in [1.82, 2.24) is 9.29 Å². The van der Waals surface area contributed by atoms with Crippen LogP contribution < -0.4 is 9.64 Å². The van der Waals surface area contributed by atoms with Crippen molar-refractivity contribution >= 4 is 15.8 Å². The Bertz CT molecular complexity index is 924. The Morgan fingerprint density at radius 3 is 2.69 bits per heavy atom. The largest absolute Gasteiger partial charge is 0.495 e. The standard InChI is InChI=1S/C18H20N4O3S/c1-25-16-7-2-3-8-17(16)26(23,24)22-11-5-10-21(12-13-22)18-15(14-19)6-4-9-20-18/h2-4,6-9H,5,10-13H2,1H3. The van der Waals surface area contributed by atoms with E-state index in [1.807, 2.05) is 4.90 Å². The number of para-hydroxylation sites is 1.